The molecule has 1 atom stereocenters. The van der Waals surface area contributed by atoms with E-state index in [-0.39, 0.29) is 5.92 Å². The first kappa shape index (κ1) is 21.8. The van der Waals surface area contributed by atoms with Crippen LogP contribution in [0.4, 0.5) is 0 Å². The molecular weight excluding hydrogens is 442 g/mol. The number of aromatic amines is 1. The van der Waals surface area contributed by atoms with Crippen molar-refractivity contribution < 1.29 is 4.74 Å². The lowest BCUT2D eigenvalue weighted by Crippen LogP contribution is -2.03. The van der Waals surface area contributed by atoms with Gasteiger partial charge in [0.05, 0.1) is 21.8 Å². The van der Waals surface area contributed by atoms with E-state index in [4.69, 9.17) is 9.72 Å². The first-order valence-electron chi connectivity index (χ1n) is 11.0. The van der Waals surface area contributed by atoms with E-state index in [1.54, 1.807) is 11.3 Å². The van der Waals surface area contributed by atoms with Gasteiger partial charge in [-0.25, -0.2) is 10.1 Å². The summed E-state index contributed by atoms with van der Waals surface area (Å²) in [6, 6.07) is 20.6. The summed E-state index contributed by atoms with van der Waals surface area (Å²) >= 11 is 1.72. The van der Waals surface area contributed by atoms with E-state index in [0.29, 0.717) is 18.9 Å². The second-order valence-corrected chi connectivity index (χ2v) is 8.88. The predicted octanol–water partition coefficient (Wildman–Crippen LogP) is 5.71. The number of tetrazole rings is 1. The number of H-pyrrole nitrogens is 1. The van der Waals surface area contributed by atoms with Gasteiger partial charge in [0.2, 0.25) is 0 Å². The Morgan fingerprint density at radius 2 is 1.88 bits per heavy atom. The number of benzene rings is 2. The highest BCUT2D eigenvalue weighted by Gasteiger charge is 2.13. The summed E-state index contributed by atoms with van der Waals surface area (Å²) < 4.78 is 7.23. The molecule has 6 nitrogen and oxygen atoms in total. The lowest BCUT2D eigenvalue weighted by Gasteiger charge is -2.11. The fourth-order valence-electron chi connectivity index (χ4n) is 3.94. The number of nitrogens with zero attached hydrogens (tertiary/aromatic N) is 4. The Labute approximate surface area is 202 Å². The van der Waals surface area contributed by atoms with Crippen molar-refractivity contribution in [1.82, 2.24) is 25.6 Å². The molecule has 3 heterocycles. The third-order valence-corrected chi connectivity index (χ3v) is 6.62. The fraction of sp³-hybridized carbons (Fsp3) is 0.185. The molecule has 2 aromatic carbocycles. The van der Waals surface area contributed by atoms with E-state index in [9.17, 15) is 0 Å². The van der Waals surface area contributed by atoms with Gasteiger partial charge >= 0.3 is 0 Å². The molecule has 168 valence electrons. The van der Waals surface area contributed by atoms with Crippen molar-refractivity contribution >= 4 is 21.6 Å². The van der Waals surface area contributed by atoms with Gasteiger partial charge in [-0.3, -0.25) is 0 Å². The quantitative estimate of drug-likeness (QED) is 0.311. The van der Waals surface area contributed by atoms with Gasteiger partial charge in [-0.15, -0.1) is 22.4 Å². The second kappa shape index (κ2) is 9.86. The third-order valence-electron chi connectivity index (χ3n) is 5.68. The Kier molecular flexibility index (Phi) is 6.32. The van der Waals surface area contributed by atoms with E-state index >= 15 is 0 Å². The number of thiophene rings is 1. The molecule has 0 saturated carbocycles. The zero-order chi connectivity index (χ0) is 23.3. The average Bonchev–Trinajstić information content (AvgIpc) is 3.53. The molecule has 0 spiro atoms. The standard InChI is InChI=1S/C27H23N5OS/c1-3-6-20(15-26-29-31-32-30-26)19-9-12-22(13-10-19)33-16-21-11-14-25-27(28-21)24(17-34-25)23-8-5-4-7-18(23)2/h4-5,7-14,17,20H,15-16H2,1-2H3,(H,29,30,31,32)/t20-/m0/s1. The smallest absolute Gasteiger partial charge is 0.150 e. The van der Waals surface area contributed by atoms with Gasteiger partial charge in [0.25, 0.3) is 0 Å². The number of aryl methyl sites for hydroxylation is 1. The first-order chi connectivity index (χ1) is 16.7. The highest BCUT2D eigenvalue weighted by atomic mass is 32.1. The first-order valence-corrected chi connectivity index (χ1v) is 11.9. The van der Waals surface area contributed by atoms with Crippen molar-refractivity contribution in [3.05, 3.63) is 88.7 Å². The molecule has 1 N–H and O–H groups in total. The maximum Gasteiger partial charge on any atom is 0.150 e. The molecule has 0 aliphatic rings. The fourth-order valence-corrected chi connectivity index (χ4v) is 4.84. The lowest BCUT2D eigenvalue weighted by atomic mass is 9.96. The Bertz CT molecular complexity index is 1460. The Balaban J connectivity index is 1.31. The summed E-state index contributed by atoms with van der Waals surface area (Å²) in [5, 5.41) is 16.3. The number of nitrogens with one attached hydrogen (secondary N) is 1. The molecule has 7 heteroatoms. The number of hydrogen-bond donors (Lipinski definition) is 1. The maximum atomic E-state index is 6.05. The second-order valence-electron chi connectivity index (χ2n) is 7.97. The molecule has 0 aliphatic carbocycles. The van der Waals surface area contributed by atoms with E-state index in [2.05, 4.69) is 75.1 Å². The minimum atomic E-state index is 0.0105. The molecule has 0 unspecified atom stereocenters. The highest BCUT2D eigenvalue weighted by Crippen LogP contribution is 2.34. The van der Waals surface area contributed by atoms with Crippen LogP contribution in [0.3, 0.4) is 0 Å². The van der Waals surface area contributed by atoms with E-state index in [0.717, 1.165) is 22.5 Å². The summed E-state index contributed by atoms with van der Waals surface area (Å²) in [7, 11) is 0. The summed E-state index contributed by atoms with van der Waals surface area (Å²) in [6.45, 7) is 4.37. The third kappa shape index (κ3) is 4.68. The SMILES string of the molecule is CC#C[C@@H](Cc1nnn[nH]1)c1ccc(OCc2ccc3scc(-c4ccccc4C)c3n2)cc1. The monoisotopic (exact) mass is 465 g/mol. The van der Waals surface area contributed by atoms with Crippen LogP contribution in [0.1, 0.15) is 35.5 Å². The molecule has 5 rings (SSSR count). The Morgan fingerprint density at radius 1 is 1.03 bits per heavy atom. The van der Waals surface area contributed by atoms with Crippen molar-refractivity contribution in [3.8, 4) is 28.7 Å². The molecule has 5 aromatic rings. The largest absolute Gasteiger partial charge is 0.487 e. The molecule has 0 amide bonds. The molecule has 3 aromatic heterocycles. The maximum absolute atomic E-state index is 6.05. The minimum Gasteiger partial charge on any atom is -0.487 e. The summed E-state index contributed by atoms with van der Waals surface area (Å²) in [5.41, 5.74) is 6.67. The normalized spacial score (nSPS) is 11.7. The van der Waals surface area contributed by atoms with Gasteiger partial charge in [-0.2, -0.15) is 0 Å². The van der Waals surface area contributed by atoms with Gasteiger partial charge in [-0.05, 0) is 65.2 Å². The van der Waals surface area contributed by atoms with Gasteiger partial charge in [0.1, 0.15) is 18.2 Å². The Hall–Kier alpha value is -4.02. The molecule has 0 bridgehead atoms. The zero-order valence-corrected chi connectivity index (χ0v) is 19.8. The van der Waals surface area contributed by atoms with Gasteiger partial charge in [-0.1, -0.05) is 42.3 Å². The number of pyridine rings is 1. The summed E-state index contributed by atoms with van der Waals surface area (Å²) in [5.74, 6) is 7.75. The van der Waals surface area contributed by atoms with Crippen molar-refractivity contribution in [1.29, 1.82) is 0 Å². The van der Waals surface area contributed by atoms with Crippen LogP contribution in [-0.2, 0) is 13.0 Å². The molecule has 0 fully saturated rings. The van der Waals surface area contributed by atoms with Crippen LogP contribution in [0.15, 0.2) is 66.0 Å². The zero-order valence-electron chi connectivity index (χ0n) is 18.9. The average molecular weight is 466 g/mol. The van der Waals surface area contributed by atoms with Crippen LogP contribution in [0, 0.1) is 18.8 Å². The van der Waals surface area contributed by atoms with E-state index in [1.165, 1.54) is 21.4 Å². The molecule has 34 heavy (non-hydrogen) atoms. The van der Waals surface area contributed by atoms with Crippen LogP contribution in [0.2, 0.25) is 0 Å². The van der Waals surface area contributed by atoms with Gasteiger partial charge in [0, 0.05) is 17.4 Å². The number of fused-ring (bicyclic) bond motifs is 1. The van der Waals surface area contributed by atoms with Crippen LogP contribution in [0.25, 0.3) is 21.3 Å². The molecule has 0 saturated heterocycles. The molecular formula is C27H23N5OS. The Morgan fingerprint density at radius 3 is 2.65 bits per heavy atom. The highest BCUT2D eigenvalue weighted by molar-refractivity contribution is 7.17. The molecule has 0 radical (unpaired) electrons. The van der Waals surface area contributed by atoms with E-state index in [1.807, 2.05) is 37.3 Å². The van der Waals surface area contributed by atoms with Crippen molar-refractivity contribution in [2.75, 3.05) is 0 Å². The van der Waals surface area contributed by atoms with Crippen LogP contribution in [-0.4, -0.2) is 25.6 Å². The van der Waals surface area contributed by atoms with E-state index < -0.39 is 0 Å². The summed E-state index contributed by atoms with van der Waals surface area (Å²) in [4.78, 5) is 4.92. The van der Waals surface area contributed by atoms with Crippen molar-refractivity contribution in [3.63, 3.8) is 0 Å². The predicted molar refractivity (Wildman–Crippen MR) is 135 cm³/mol. The van der Waals surface area contributed by atoms with Crippen molar-refractivity contribution in [2.24, 2.45) is 0 Å². The van der Waals surface area contributed by atoms with Gasteiger partial charge in [0.15, 0.2) is 0 Å². The lowest BCUT2D eigenvalue weighted by molar-refractivity contribution is 0.301. The number of ether oxygens (including phenoxy) is 1. The van der Waals surface area contributed by atoms with Crippen LogP contribution in [0.5, 0.6) is 5.75 Å². The van der Waals surface area contributed by atoms with Crippen LogP contribution < -0.4 is 4.74 Å². The number of rotatable bonds is 7. The minimum absolute atomic E-state index is 0.0105. The van der Waals surface area contributed by atoms with Gasteiger partial charge < -0.3 is 4.74 Å². The van der Waals surface area contributed by atoms with Crippen LogP contribution >= 0.6 is 11.3 Å². The number of hydrogen-bond acceptors (Lipinski definition) is 6. The topological polar surface area (TPSA) is 76.6 Å². The molecule has 0 aliphatic heterocycles. The summed E-state index contributed by atoms with van der Waals surface area (Å²) in [6.07, 6.45) is 0.627. The van der Waals surface area contributed by atoms with Crippen molar-refractivity contribution in [2.45, 2.75) is 32.8 Å². The number of aromatic nitrogens is 5.